The van der Waals surface area contributed by atoms with Crippen LogP contribution in [0.2, 0.25) is 0 Å². The smallest absolute Gasteiger partial charge is 0.300 e. The predicted molar refractivity (Wildman–Crippen MR) is 75.1 cm³/mol. The van der Waals surface area contributed by atoms with Gasteiger partial charge >= 0.3 is 5.69 Å². The second kappa shape index (κ2) is 5.95. The SMILES string of the molecule is CC(CCS(C)=O)Nc1ccc([N+](=O)[O-])c2nonc12. The van der Waals surface area contributed by atoms with Crippen molar-refractivity contribution in [3.63, 3.8) is 0 Å². The molecule has 0 radical (unpaired) electrons. The van der Waals surface area contributed by atoms with E-state index >= 15 is 0 Å². The number of nitro benzene ring substituents is 1. The average Bonchev–Trinajstić information content (AvgIpc) is 2.85. The van der Waals surface area contributed by atoms with Crippen LogP contribution < -0.4 is 5.32 Å². The molecule has 1 N–H and O–H groups in total. The average molecular weight is 298 g/mol. The van der Waals surface area contributed by atoms with E-state index in [9.17, 15) is 14.3 Å². The highest BCUT2D eigenvalue weighted by atomic mass is 32.2. The Morgan fingerprint density at radius 2 is 2.15 bits per heavy atom. The maximum atomic E-state index is 11.1. The normalized spacial score (nSPS) is 14.1. The molecule has 0 saturated heterocycles. The number of nitrogens with zero attached hydrogens (tertiary/aromatic N) is 3. The van der Waals surface area contributed by atoms with E-state index in [1.165, 1.54) is 6.07 Å². The second-order valence-electron chi connectivity index (χ2n) is 4.46. The van der Waals surface area contributed by atoms with E-state index in [4.69, 9.17) is 0 Å². The molecule has 9 heteroatoms. The van der Waals surface area contributed by atoms with Crippen LogP contribution in [-0.2, 0) is 10.8 Å². The number of non-ortho nitro benzene ring substituents is 1. The molecule has 2 atom stereocenters. The molecule has 2 unspecified atom stereocenters. The van der Waals surface area contributed by atoms with Gasteiger partial charge in [-0.3, -0.25) is 14.3 Å². The van der Waals surface area contributed by atoms with Crippen LogP contribution >= 0.6 is 0 Å². The van der Waals surface area contributed by atoms with Gasteiger partial charge in [-0.15, -0.1) is 0 Å². The Balaban J connectivity index is 2.23. The van der Waals surface area contributed by atoms with Gasteiger partial charge in [0.05, 0.1) is 10.6 Å². The highest BCUT2D eigenvalue weighted by molar-refractivity contribution is 7.84. The van der Waals surface area contributed by atoms with Crippen LogP contribution in [0.5, 0.6) is 0 Å². The molecule has 0 amide bonds. The van der Waals surface area contributed by atoms with Gasteiger partial charge in [0.25, 0.3) is 0 Å². The zero-order valence-electron chi connectivity index (χ0n) is 11.0. The lowest BCUT2D eigenvalue weighted by Gasteiger charge is -2.14. The van der Waals surface area contributed by atoms with Crippen LogP contribution in [0.15, 0.2) is 16.8 Å². The Kier molecular flexibility index (Phi) is 4.28. The van der Waals surface area contributed by atoms with Crippen LogP contribution in [0.25, 0.3) is 11.0 Å². The molecule has 2 rings (SSSR count). The number of rotatable bonds is 6. The van der Waals surface area contributed by atoms with E-state index in [1.807, 2.05) is 6.92 Å². The maximum Gasteiger partial charge on any atom is 0.300 e. The third-order valence-electron chi connectivity index (χ3n) is 2.83. The van der Waals surface area contributed by atoms with Crippen LogP contribution in [0, 0.1) is 10.1 Å². The Morgan fingerprint density at radius 1 is 1.45 bits per heavy atom. The third kappa shape index (κ3) is 3.10. The number of hydrogen-bond acceptors (Lipinski definition) is 7. The fourth-order valence-electron chi connectivity index (χ4n) is 1.80. The summed E-state index contributed by atoms with van der Waals surface area (Å²) < 4.78 is 15.6. The van der Waals surface area contributed by atoms with Gasteiger partial charge in [0.15, 0.2) is 5.52 Å². The van der Waals surface area contributed by atoms with Gasteiger partial charge in [-0.2, -0.15) is 0 Å². The van der Waals surface area contributed by atoms with Crippen LogP contribution in [-0.4, -0.2) is 37.5 Å². The first-order valence-corrected chi connectivity index (χ1v) is 7.68. The van der Waals surface area contributed by atoms with Crippen molar-refractivity contribution in [3.05, 3.63) is 22.2 Å². The summed E-state index contributed by atoms with van der Waals surface area (Å²) in [5.41, 5.74) is 0.908. The topological polar surface area (TPSA) is 111 Å². The van der Waals surface area contributed by atoms with Gasteiger partial charge in [-0.1, -0.05) is 0 Å². The molecule has 0 fully saturated rings. The van der Waals surface area contributed by atoms with E-state index in [1.54, 1.807) is 12.3 Å². The minimum atomic E-state index is -0.849. The predicted octanol–water partition coefficient (Wildman–Crippen LogP) is 1.70. The molecule has 0 aliphatic rings. The molecule has 0 aliphatic heterocycles. The first kappa shape index (κ1) is 14.4. The van der Waals surface area contributed by atoms with Crippen molar-refractivity contribution in [3.8, 4) is 0 Å². The Hall–Kier alpha value is -2.03. The van der Waals surface area contributed by atoms with Crippen molar-refractivity contribution in [1.82, 2.24) is 10.3 Å². The number of benzene rings is 1. The number of anilines is 1. The van der Waals surface area contributed by atoms with Crippen molar-refractivity contribution >= 4 is 33.2 Å². The molecule has 1 aromatic heterocycles. The van der Waals surface area contributed by atoms with Gasteiger partial charge < -0.3 is 5.32 Å². The van der Waals surface area contributed by atoms with E-state index in [0.717, 1.165) is 0 Å². The van der Waals surface area contributed by atoms with Crippen molar-refractivity contribution in [1.29, 1.82) is 0 Å². The molecular formula is C11H14N4O4S. The van der Waals surface area contributed by atoms with E-state index in [-0.39, 0.29) is 17.2 Å². The monoisotopic (exact) mass is 298 g/mol. The number of hydrogen-bond donors (Lipinski definition) is 1. The Bertz CT molecular complexity index is 657. The molecule has 8 nitrogen and oxygen atoms in total. The summed E-state index contributed by atoms with van der Waals surface area (Å²) in [5.74, 6) is 0.585. The van der Waals surface area contributed by atoms with Gasteiger partial charge in [-0.25, -0.2) is 4.63 Å². The molecule has 0 bridgehead atoms. The maximum absolute atomic E-state index is 11.1. The van der Waals surface area contributed by atoms with E-state index < -0.39 is 15.7 Å². The molecule has 0 saturated carbocycles. The van der Waals surface area contributed by atoms with Gasteiger partial charge in [0.2, 0.25) is 5.52 Å². The first-order chi connectivity index (χ1) is 9.49. The number of nitro groups is 1. The van der Waals surface area contributed by atoms with Crippen molar-refractivity contribution in [2.75, 3.05) is 17.3 Å². The zero-order valence-corrected chi connectivity index (χ0v) is 11.8. The molecule has 1 heterocycles. The minimum Gasteiger partial charge on any atom is -0.381 e. The summed E-state index contributed by atoms with van der Waals surface area (Å²) in [6, 6.07) is 2.99. The molecular weight excluding hydrogens is 284 g/mol. The summed E-state index contributed by atoms with van der Waals surface area (Å²) in [7, 11) is -0.849. The highest BCUT2D eigenvalue weighted by Gasteiger charge is 2.20. The highest BCUT2D eigenvalue weighted by Crippen LogP contribution is 2.29. The lowest BCUT2D eigenvalue weighted by atomic mass is 10.2. The van der Waals surface area contributed by atoms with E-state index in [0.29, 0.717) is 23.4 Å². The molecule has 20 heavy (non-hydrogen) atoms. The van der Waals surface area contributed by atoms with Crippen molar-refractivity contribution in [2.45, 2.75) is 19.4 Å². The molecule has 0 aliphatic carbocycles. The van der Waals surface area contributed by atoms with Crippen LogP contribution in [0.1, 0.15) is 13.3 Å². The van der Waals surface area contributed by atoms with Crippen molar-refractivity contribution in [2.24, 2.45) is 0 Å². The lowest BCUT2D eigenvalue weighted by Crippen LogP contribution is -2.18. The van der Waals surface area contributed by atoms with Gasteiger partial charge in [0.1, 0.15) is 0 Å². The summed E-state index contributed by atoms with van der Waals surface area (Å²) in [6.07, 6.45) is 2.37. The largest absolute Gasteiger partial charge is 0.381 e. The third-order valence-corrected chi connectivity index (χ3v) is 3.64. The molecule has 1 aromatic carbocycles. The number of aromatic nitrogens is 2. The standard InChI is InChI=1S/C11H14N4O4S/c1-7(5-6-20(2)18)12-8-3-4-9(15(16)17)11-10(8)13-19-14-11/h3-4,7,12H,5-6H2,1-2H3. The van der Waals surface area contributed by atoms with Gasteiger partial charge in [-0.05, 0) is 29.7 Å². The summed E-state index contributed by atoms with van der Waals surface area (Å²) >= 11 is 0. The Morgan fingerprint density at radius 3 is 2.80 bits per heavy atom. The summed E-state index contributed by atoms with van der Waals surface area (Å²) in [5, 5.41) is 21.3. The number of fused-ring (bicyclic) bond motifs is 1. The number of nitrogens with one attached hydrogen (secondary N) is 1. The fraction of sp³-hybridized carbons (Fsp3) is 0.455. The lowest BCUT2D eigenvalue weighted by molar-refractivity contribution is -0.383. The van der Waals surface area contributed by atoms with Gasteiger partial charge in [0, 0.05) is 34.9 Å². The fourth-order valence-corrected chi connectivity index (χ4v) is 2.48. The van der Waals surface area contributed by atoms with Crippen molar-refractivity contribution < 1.29 is 13.8 Å². The van der Waals surface area contributed by atoms with Crippen LogP contribution in [0.4, 0.5) is 11.4 Å². The minimum absolute atomic E-state index is 0.0558. The molecule has 2 aromatic rings. The quantitative estimate of drug-likeness (QED) is 0.638. The van der Waals surface area contributed by atoms with E-state index in [2.05, 4.69) is 20.3 Å². The molecule has 108 valence electrons. The molecule has 0 spiro atoms. The van der Waals surface area contributed by atoms with Crippen LogP contribution in [0.3, 0.4) is 0 Å². The second-order valence-corrected chi connectivity index (χ2v) is 6.02. The summed E-state index contributed by atoms with van der Waals surface area (Å²) in [4.78, 5) is 10.3. The zero-order chi connectivity index (χ0) is 14.7. The first-order valence-electron chi connectivity index (χ1n) is 5.95. The Labute approximate surface area is 117 Å². The summed E-state index contributed by atoms with van der Waals surface area (Å²) in [6.45, 7) is 1.94.